The highest BCUT2D eigenvalue weighted by Gasteiger charge is 2.33. The molecule has 3 aromatic heterocycles. The molecule has 6 rings (SSSR count). The van der Waals surface area contributed by atoms with E-state index in [1.54, 1.807) is 23.2 Å². The summed E-state index contributed by atoms with van der Waals surface area (Å²) in [7, 11) is 0. The molecule has 1 aromatic carbocycles. The van der Waals surface area contributed by atoms with Gasteiger partial charge in [-0.15, -0.1) is 0 Å². The molecule has 4 aromatic rings. The Morgan fingerprint density at radius 2 is 2.12 bits per heavy atom. The van der Waals surface area contributed by atoms with Gasteiger partial charge in [-0.25, -0.2) is 9.67 Å². The molecule has 34 heavy (non-hydrogen) atoms. The second kappa shape index (κ2) is 7.76. The van der Waals surface area contributed by atoms with Crippen LogP contribution in [-0.2, 0) is 18.4 Å². The lowest BCUT2D eigenvalue weighted by Crippen LogP contribution is -2.23. The van der Waals surface area contributed by atoms with Gasteiger partial charge >= 0.3 is 6.01 Å². The molecular formula is C24H26FN7O2. The zero-order valence-electron chi connectivity index (χ0n) is 19.1. The third-order valence-electron chi connectivity index (χ3n) is 6.57. The summed E-state index contributed by atoms with van der Waals surface area (Å²) < 4.78 is 22.5. The monoisotopic (exact) mass is 463 g/mol. The van der Waals surface area contributed by atoms with Crippen LogP contribution in [0.3, 0.4) is 0 Å². The Bertz CT molecular complexity index is 1450. The number of rotatable bonds is 6. The van der Waals surface area contributed by atoms with Crippen molar-refractivity contribution in [3.05, 3.63) is 57.8 Å². The molecule has 1 aliphatic heterocycles. The van der Waals surface area contributed by atoms with Gasteiger partial charge in [0, 0.05) is 23.8 Å². The molecule has 2 N–H and O–H groups in total. The van der Waals surface area contributed by atoms with Crippen LogP contribution in [0.4, 0.5) is 16.0 Å². The van der Waals surface area contributed by atoms with Crippen molar-refractivity contribution in [2.45, 2.75) is 51.1 Å². The van der Waals surface area contributed by atoms with Gasteiger partial charge in [0.1, 0.15) is 18.3 Å². The SMILES string of the molecule is CC(C)(CF)c1coc(-n2c3nc(Nc4ccc5c(c4)CNCC5)ncc3c(=O)n2C2CC2)n1. The number of fused-ring (bicyclic) bond motifs is 2. The lowest BCUT2D eigenvalue weighted by atomic mass is 9.92. The largest absolute Gasteiger partial charge is 0.430 e. The maximum absolute atomic E-state index is 13.5. The zero-order valence-corrected chi connectivity index (χ0v) is 19.1. The van der Waals surface area contributed by atoms with Crippen LogP contribution < -0.4 is 16.2 Å². The minimum Gasteiger partial charge on any atom is -0.430 e. The number of alkyl halides is 1. The van der Waals surface area contributed by atoms with E-state index in [9.17, 15) is 9.18 Å². The first kappa shape index (κ1) is 21.0. The Kier molecular flexibility index (Phi) is 4.80. The molecule has 0 bridgehead atoms. The number of hydrogen-bond acceptors (Lipinski definition) is 7. The molecule has 0 saturated heterocycles. The van der Waals surface area contributed by atoms with Crippen molar-refractivity contribution in [2.24, 2.45) is 0 Å². The molecule has 2 aliphatic rings. The number of aromatic nitrogens is 5. The number of anilines is 2. The van der Waals surface area contributed by atoms with Gasteiger partial charge in [-0.05, 0) is 49.1 Å². The van der Waals surface area contributed by atoms with E-state index >= 15 is 0 Å². The summed E-state index contributed by atoms with van der Waals surface area (Å²) in [4.78, 5) is 26.8. The average Bonchev–Trinajstić information content (AvgIpc) is 3.48. The van der Waals surface area contributed by atoms with E-state index in [0.717, 1.165) is 38.0 Å². The molecule has 0 radical (unpaired) electrons. The van der Waals surface area contributed by atoms with E-state index in [-0.39, 0.29) is 17.6 Å². The fourth-order valence-corrected chi connectivity index (χ4v) is 4.32. The van der Waals surface area contributed by atoms with E-state index in [2.05, 4.69) is 37.7 Å². The van der Waals surface area contributed by atoms with E-state index in [0.29, 0.717) is 22.7 Å². The first-order valence-corrected chi connectivity index (χ1v) is 11.6. The lowest BCUT2D eigenvalue weighted by molar-refractivity contribution is 0.343. The Hall–Kier alpha value is -3.53. The molecule has 0 atom stereocenters. The van der Waals surface area contributed by atoms with Crippen LogP contribution in [0.25, 0.3) is 17.0 Å². The normalized spacial score (nSPS) is 16.1. The fraction of sp³-hybridized carbons (Fsp3) is 0.417. The van der Waals surface area contributed by atoms with Gasteiger partial charge in [0.05, 0.1) is 11.7 Å². The molecule has 1 saturated carbocycles. The zero-order chi connectivity index (χ0) is 23.4. The minimum absolute atomic E-state index is 0.0517. The molecule has 1 aliphatic carbocycles. The summed E-state index contributed by atoms with van der Waals surface area (Å²) >= 11 is 0. The van der Waals surface area contributed by atoms with Crippen molar-refractivity contribution < 1.29 is 8.81 Å². The van der Waals surface area contributed by atoms with Gasteiger partial charge in [-0.2, -0.15) is 14.6 Å². The molecule has 4 heterocycles. The number of hydrogen-bond donors (Lipinski definition) is 2. The van der Waals surface area contributed by atoms with Gasteiger partial charge in [0.25, 0.3) is 5.56 Å². The predicted molar refractivity (Wildman–Crippen MR) is 126 cm³/mol. The van der Waals surface area contributed by atoms with Crippen LogP contribution in [0.15, 0.2) is 39.9 Å². The number of benzene rings is 1. The summed E-state index contributed by atoms with van der Waals surface area (Å²) in [6.45, 7) is 4.76. The third kappa shape index (κ3) is 3.49. The smallest absolute Gasteiger partial charge is 0.323 e. The van der Waals surface area contributed by atoms with Crippen molar-refractivity contribution >= 4 is 22.7 Å². The highest BCUT2D eigenvalue weighted by atomic mass is 19.1. The second-order valence-corrected chi connectivity index (χ2v) is 9.69. The Balaban J connectivity index is 1.44. The molecule has 0 spiro atoms. The van der Waals surface area contributed by atoms with Crippen LogP contribution in [-0.4, -0.2) is 37.5 Å². The second-order valence-electron chi connectivity index (χ2n) is 9.69. The molecule has 10 heteroatoms. The van der Waals surface area contributed by atoms with Crippen LogP contribution in [0.1, 0.15) is 49.6 Å². The van der Waals surface area contributed by atoms with Gasteiger partial charge < -0.3 is 15.1 Å². The van der Waals surface area contributed by atoms with Crippen LogP contribution in [0.2, 0.25) is 0 Å². The van der Waals surface area contributed by atoms with Crippen LogP contribution >= 0.6 is 0 Å². The highest BCUT2D eigenvalue weighted by molar-refractivity contribution is 5.76. The maximum Gasteiger partial charge on any atom is 0.323 e. The molecule has 0 amide bonds. The number of nitrogens with zero attached hydrogens (tertiary/aromatic N) is 5. The maximum atomic E-state index is 13.5. The van der Waals surface area contributed by atoms with Gasteiger partial charge in [0.2, 0.25) is 5.95 Å². The standard InChI is InChI=1S/C24H26FN7O2/c1-24(2,13-25)19-12-34-23(29-19)32-20-18(21(33)31(32)17-5-6-17)11-27-22(30-20)28-16-4-3-14-7-8-26-10-15(14)9-16/h3-4,9,11-12,17,26H,5-8,10,13H2,1-2H3,(H,27,28,30). The van der Waals surface area contributed by atoms with E-state index in [1.165, 1.54) is 23.6 Å². The van der Waals surface area contributed by atoms with Gasteiger partial charge in [-0.1, -0.05) is 19.9 Å². The fourth-order valence-electron chi connectivity index (χ4n) is 4.32. The van der Waals surface area contributed by atoms with E-state index in [1.807, 2.05) is 6.07 Å². The Labute approximate surface area is 195 Å². The lowest BCUT2D eigenvalue weighted by Gasteiger charge is -2.18. The predicted octanol–water partition coefficient (Wildman–Crippen LogP) is 3.54. The van der Waals surface area contributed by atoms with Crippen LogP contribution in [0.5, 0.6) is 0 Å². The Morgan fingerprint density at radius 1 is 1.26 bits per heavy atom. The first-order chi connectivity index (χ1) is 16.4. The highest BCUT2D eigenvalue weighted by Crippen LogP contribution is 2.36. The molecule has 9 nitrogen and oxygen atoms in total. The average molecular weight is 464 g/mol. The van der Waals surface area contributed by atoms with Gasteiger partial charge in [-0.3, -0.25) is 9.18 Å². The minimum atomic E-state index is -0.793. The van der Waals surface area contributed by atoms with Crippen molar-refractivity contribution in [1.82, 2.24) is 29.6 Å². The number of halogens is 1. The molecule has 1 fully saturated rings. The first-order valence-electron chi connectivity index (χ1n) is 11.6. The summed E-state index contributed by atoms with van der Waals surface area (Å²) in [5.74, 6) is 0.369. The summed E-state index contributed by atoms with van der Waals surface area (Å²) in [5, 5.41) is 7.03. The van der Waals surface area contributed by atoms with Crippen molar-refractivity contribution in [2.75, 3.05) is 18.5 Å². The van der Waals surface area contributed by atoms with E-state index in [4.69, 9.17) is 4.42 Å². The Morgan fingerprint density at radius 3 is 2.91 bits per heavy atom. The van der Waals surface area contributed by atoms with Crippen molar-refractivity contribution in [1.29, 1.82) is 0 Å². The number of nitrogens with one attached hydrogen (secondary N) is 2. The van der Waals surface area contributed by atoms with Crippen molar-refractivity contribution in [3.63, 3.8) is 0 Å². The van der Waals surface area contributed by atoms with Gasteiger partial charge in [0.15, 0.2) is 5.65 Å². The third-order valence-corrected chi connectivity index (χ3v) is 6.57. The number of oxazole rings is 1. The summed E-state index contributed by atoms with van der Waals surface area (Å²) in [5.41, 5.74) is 3.37. The quantitative estimate of drug-likeness (QED) is 0.451. The topological polar surface area (TPSA) is 103 Å². The van der Waals surface area contributed by atoms with Crippen LogP contribution in [0, 0.1) is 0 Å². The molecule has 176 valence electrons. The molecular weight excluding hydrogens is 437 g/mol. The summed E-state index contributed by atoms with van der Waals surface area (Å²) in [6, 6.07) is 6.48. The van der Waals surface area contributed by atoms with E-state index < -0.39 is 12.1 Å². The molecule has 0 unspecified atom stereocenters. The summed E-state index contributed by atoms with van der Waals surface area (Å²) in [6.07, 6.45) is 5.78. The van der Waals surface area contributed by atoms with Crippen molar-refractivity contribution in [3.8, 4) is 6.01 Å².